The van der Waals surface area contributed by atoms with Gasteiger partial charge in [-0.1, -0.05) is 0 Å². The van der Waals surface area contributed by atoms with Crippen LogP contribution >= 0.6 is 0 Å². The Morgan fingerprint density at radius 1 is 1.39 bits per heavy atom. The zero-order valence-corrected chi connectivity index (χ0v) is 13.1. The Morgan fingerprint density at radius 2 is 2.30 bits per heavy atom. The van der Waals surface area contributed by atoms with Crippen molar-refractivity contribution in [2.75, 3.05) is 26.8 Å². The van der Waals surface area contributed by atoms with Crippen LogP contribution in [0, 0.1) is 0 Å². The third-order valence-corrected chi connectivity index (χ3v) is 3.93. The first-order valence-electron chi connectivity index (χ1n) is 7.77. The maximum atomic E-state index is 12.0. The second-order valence-electron chi connectivity index (χ2n) is 5.60. The summed E-state index contributed by atoms with van der Waals surface area (Å²) in [4.78, 5) is 16.1. The maximum absolute atomic E-state index is 12.0. The van der Waals surface area contributed by atoms with Crippen LogP contribution < -0.4 is 15.4 Å². The second kappa shape index (κ2) is 7.39. The Labute approximate surface area is 135 Å². The minimum atomic E-state index is -0.207. The first-order valence-corrected chi connectivity index (χ1v) is 7.77. The van der Waals surface area contributed by atoms with Crippen LogP contribution in [0.1, 0.15) is 6.42 Å². The number of aromatic nitrogens is 1. The number of methoxy groups -OCH3 is 1. The average molecular weight is 315 g/mol. The van der Waals surface area contributed by atoms with Crippen molar-refractivity contribution < 1.29 is 14.3 Å². The molecule has 1 aromatic heterocycles. The van der Waals surface area contributed by atoms with E-state index in [-0.39, 0.29) is 18.1 Å². The molecule has 122 valence electrons. The summed E-state index contributed by atoms with van der Waals surface area (Å²) < 4.78 is 10.9. The van der Waals surface area contributed by atoms with Gasteiger partial charge in [-0.15, -0.1) is 0 Å². The number of nitrogens with zero attached hydrogens (tertiary/aromatic N) is 1. The van der Waals surface area contributed by atoms with Crippen molar-refractivity contribution in [2.45, 2.75) is 18.6 Å². The van der Waals surface area contributed by atoms with Gasteiger partial charge < -0.3 is 20.1 Å². The largest absolute Gasteiger partial charge is 0.489 e. The van der Waals surface area contributed by atoms with Gasteiger partial charge in [0.15, 0.2) is 0 Å². The Morgan fingerprint density at radius 3 is 3.17 bits per heavy atom. The van der Waals surface area contributed by atoms with E-state index in [0.29, 0.717) is 26.1 Å². The second-order valence-corrected chi connectivity index (χ2v) is 5.60. The molecule has 0 bridgehead atoms. The molecule has 6 heteroatoms. The minimum absolute atomic E-state index is 0.00210. The molecule has 1 saturated heterocycles. The summed E-state index contributed by atoms with van der Waals surface area (Å²) >= 11 is 0. The van der Waals surface area contributed by atoms with Crippen LogP contribution in [0.2, 0.25) is 0 Å². The standard InChI is InChI=1S/C17H21N3O3/c1-22-7-6-19-17(21)16-9-15(11-20-16)23-14-3-2-13-10-18-5-4-12(13)8-14/h2-5,8,10,15-16,20H,6-7,9,11H2,1H3,(H,19,21)/t15-,16+/m1/s1. The molecular weight excluding hydrogens is 294 g/mol. The Balaban J connectivity index is 1.55. The number of hydrogen-bond acceptors (Lipinski definition) is 5. The third kappa shape index (κ3) is 3.97. The summed E-state index contributed by atoms with van der Waals surface area (Å²) in [5.74, 6) is 0.814. The van der Waals surface area contributed by atoms with E-state index in [1.54, 1.807) is 13.3 Å². The molecule has 0 radical (unpaired) electrons. The van der Waals surface area contributed by atoms with Crippen LogP contribution in [0.3, 0.4) is 0 Å². The van der Waals surface area contributed by atoms with Crippen LogP contribution in [0.5, 0.6) is 5.75 Å². The van der Waals surface area contributed by atoms with E-state index in [0.717, 1.165) is 16.5 Å². The molecule has 0 saturated carbocycles. The average Bonchev–Trinajstić information content (AvgIpc) is 3.03. The summed E-state index contributed by atoms with van der Waals surface area (Å²) in [6, 6.07) is 7.69. The molecule has 1 amide bonds. The number of pyridine rings is 1. The number of ether oxygens (including phenoxy) is 2. The number of nitrogens with one attached hydrogen (secondary N) is 2. The molecule has 2 aromatic rings. The number of hydrogen-bond donors (Lipinski definition) is 2. The summed E-state index contributed by atoms with van der Waals surface area (Å²) in [5, 5.41) is 8.23. The highest BCUT2D eigenvalue weighted by molar-refractivity contribution is 5.83. The zero-order chi connectivity index (χ0) is 16.1. The number of carbonyl (C=O) groups is 1. The molecule has 1 aromatic carbocycles. The normalized spacial score (nSPS) is 20.6. The van der Waals surface area contributed by atoms with Gasteiger partial charge in [0.2, 0.25) is 5.91 Å². The fraction of sp³-hybridized carbons (Fsp3) is 0.412. The number of rotatable bonds is 6. The predicted octanol–water partition coefficient (Wildman–Crippen LogP) is 1.11. The zero-order valence-electron chi connectivity index (χ0n) is 13.1. The van der Waals surface area contributed by atoms with Gasteiger partial charge in [-0.2, -0.15) is 0 Å². The molecule has 0 aliphatic carbocycles. The van der Waals surface area contributed by atoms with Gasteiger partial charge in [-0.3, -0.25) is 9.78 Å². The molecule has 1 aliphatic rings. The van der Waals surface area contributed by atoms with Gasteiger partial charge in [0.25, 0.3) is 0 Å². The first-order chi connectivity index (χ1) is 11.3. The molecule has 2 atom stereocenters. The molecular formula is C17H21N3O3. The summed E-state index contributed by atoms with van der Waals surface area (Å²) in [7, 11) is 1.61. The molecule has 6 nitrogen and oxygen atoms in total. The fourth-order valence-electron chi connectivity index (χ4n) is 2.72. The van der Waals surface area contributed by atoms with Crippen LogP contribution in [-0.2, 0) is 9.53 Å². The lowest BCUT2D eigenvalue weighted by Gasteiger charge is -2.14. The molecule has 1 aliphatic heterocycles. The molecule has 2 heterocycles. The molecule has 23 heavy (non-hydrogen) atoms. The SMILES string of the molecule is COCCNC(=O)[C@@H]1C[C@@H](Oc2ccc3cnccc3c2)CN1. The van der Waals surface area contributed by atoms with Crippen LogP contribution in [0.4, 0.5) is 0 Å². The first kappa shape index (κ1) is 15.7. The third-order valence-electron chi connectivity index (χ3n) is 3.93. The van der Waals surface area contributed by atoms with Gasteiger partial charge in [0.05, 0.1) is 12.6 Å². The number of amides is 1. The highest BCUT2D eigenvalue weighted by atomic mass is 16.5. The van der Waals surface area contributed by atoms with Crippen LogP contribution in [0.25, 0.3) is 10.8 Å². The molecule has 3 rings (SSSR count). The topological polar surface area (TPSA) is 72.5 Å². The van der Waals surface area contributed by atoms with E-state index in [1.807, 2.05) is 30.5 Å². The fourth-order valence-corrected chi connectivity index (χ4v) is 2.72. The lowest BCUT2D eigenvalue weighted by atomic mass is 10.1. The van der Waals surface area contributed by atoms with Crippen molar-refractivity contribution >= 4 is 16.7 Å². The van der Waals surface area contributed by atoms with E-state index in [4.69, 9.17) is 9.47 Å². The lowest BCUT2D eigenvalue weighted by Crippen LogP contribution is -2.41. The molecule has 2 N–H and O–H groups in total. The number of fused-ring (bicyclic) bond motifs is 1. The van der Waals surface area contributed by atoms with Gasteiger partial charge >= 0.3 is 0 Å². The molecule has 1 fully saturated rings. The van der Waals surface area contributed by atoms with E-state index >= 15 is 0 Å². The lowest BCUT2D eigenvalue weighted by molar-refractivity contribution is -0.123. The maximum Gasteiger partial charge on any atom is 0.237 e. The number of benzene rings is 1. The Kier molecular flexibility index (Phi) is 5.05. The predicted molar refractivity (Wildman–Crippen MR) is 87.5 cm³/mol. The van der Waals surface area contributed by atoms with E-state index in [1.165, 1.54) is 0 Å². The van der Waals surface area contributed by atoms with Crippen molar-refractivity contribution in [1.29, 1.82) is 0 Å². The van der Waals surface area contributed by atoms with Gasteiger partial charge in [0, 0.05) is 44.4 Å². The van der Waals surface area contributed by atoms with Gasteiger partial charge in [0.1, 0.15) is 11.9 Å². The van der Waals surface area contributed by atoms with E-state index in [2.05, 4.69) is 15.6 Å². The van der Waals surface area contributed by atoms with Crippen molar-refractivity contribution in [1.82, 2.24) is 15.6 Å². The molecule has 0 unspecified atom stereocenters. The highest BCUT2D eigenvalue weighted by Crippen LogP contribution is 2.22. The Bertz CT molecular complexity index is 677. The van der Waals surface area contributed by atoms with Crippen LogP contribution in [-0.4, -0.2) is 49.8 Å². The van der Waals surface area contributed by atoms with E-state index in [9.17, 15) is 4.79 Å². The molecule has 0 spiro atoms. The highest BCUT2D eigenvalue weighted by Gasteiger charge is 2.30. The van der Waals surface area contributed by atoms with Crippen molar-refractivity contribution in [2.24, 2.45) is 0 Å². The van der Waals surface area contributed by atoms with Crippen molar-refractivity contribution in [3.63, 3.8) is 0 Å². The van der Waals surface area contributed by atoms with Gasteiger partial charge in [-0.25, -0.2) is 0 Å². The summed E-state index contributed by atoms with van der Waals surface area (Å²) in [6.07, 6.45) is 4.25. The summed E-state index contributed by atoms with van der Waals surface area (Å²) in [5.41, 5.74) is 0. The van der Waals surface area contributed by atoms with Crippen molar-refractivity contribution in [3.8, 4) is 5.75 Å². The van der Waals surface area contributed by atoms with Crippen molar-refractivity contribution in [3.05, 3.63) is 36.7 Å². The summed E-state index contributed by atoms with van der Waals surface area (Å²) in [6.45, 7) is 1.71. The Hall–Kier alpha value is -2.18. The van der Waals surface area contributed by atoms with Crippen LogP contribution in [0.15, 0.2) is 36.7 Å². The number of carbonyl (C=O) groups excluding carboxylic acids is 1. The smallest absolute Gasteiger partial charge is 0.237 e. The van der Waals surface area contributed by atoms with E-state index < -0.39 is 0 Å². The van der Waals surface area contributed by atoms with Gasteiger partial charge in [-0.05, 0) is 29.7 Å². The minimum Gasteiger partial charge on any atom is -0.489 e. The quantitative estimate of drug-likeness (QED) is 0.781. The monoisotopic (exact) mass is 315 g/mol.